The van der Waals surface area contributed by atoms with Crippen LogP contribution in [0.3, 0.4) is 0 Å². The van der Waals surface area contributed by atoms with Crippen LogP contribution in [0.2, 0.25) is 0 Å². The van der Waals surface area contributed by atoms with Gasteiger partial charge in [-0.15, -0.1) is 0 Å². The van der Waals surface area contributed by atoms with Crippen molar-refractivity contribution in [3.05, 3.63) is 65.5 Å². The average molecular weight is 344 g/mol. The smallest absolute Gasteiger partial charge is 0.325 e. The van der Waals surface area contributed by atoms with Crippen molar-refractivity contribution in [1.82, 2.24) is 5.32 Å². The molecular formula is C18H17FN2O4. The van der Waals surface area contributed by atoms with Crippen molar-refractivity contribution in [2.45, 2.75) is 6.92 Å². The number of esters is 1. The molecule has 2 amide bonds. The van der Waals surface area contributed by atoms with Crippen LogP contribution in [0.1, 0.15) is 15.9 Å². The quantitative estimate of drug-likeness (QED) is 0.786. The molecule has 0 aromatic heterocycles. The molecular weight excluding hydrogens is 327 g/mol. The zero-order valence-corrected chi connectivity index (χ0v) is 13.5. The molecule has 2 aromatic rings. The molecule has 130 valence electrons. The Kier molecular flexibility index (Phi) is 6.22. The minimum atomic E-state index is -0.741. The minimum absolute atomic E-state index is 0.351. The Morgan fingerprint density at radius 2 is 1.80 bits per heavy atom. The largest absolute Gasteiger partial charge is 0.454 e. The summed E-state index contributed by atoms with van der Waals surface area (Å²) in [5.41, 5.74) is 1.74. The maximum absolute atomic E-state index is 12.8. The molecule has 2 aromatic carbocycles. The van der Waals surface area contributed by atoms with Crippen molar-refractivity contribution in [3.8, 4) is 0 Å². The van der Waals surface area contributed by atoms with E-state index in [-0.39, 0.29) is 6.54 Å². The Labute approximate surface area is 144 Å². The van der Waals surface area contributed by atoms with Gasteiger partial charge in [0.15, 0.2) is 6.61 Å². The second-order valence-corrected chi connectivity index (χ2v) is 5.27. The number of hydrogen-bond acceptors (Lipinski definition) is 4. The van der Waals surface area contributed by atoms with E-state index < -0.39 is 30.2 Å². The maximum Gasteiger partial charge on any atom is 0.325 e. The lowest BCUT2D eigenvalue weighted by atomic mass is 10.1. The molecule has 0 aliphatic heterocycles. The third-order valence-electron chi connectivity index (χ3n) is 3.17. The summed E-state index contributed by atoms with van der Waals surface area (Å²) in [6.45, 7) is 0.998. The Balaban J connectivity index is 1.72. The molecule has 0 saturated carbocycles. The highest BCUT2D eigenvalue weighted by Gasteiger charge is 2.11. The molecule has 2 rings (SSSR count). The standard InChI is InChI=1S/C18H17FN2O4/c1-12-3-2-4-13(9-12)18(24)20-10-17(23)25-11-16(22)21-15-7-5-14(19)6-8-15/h2-9H,10-11H2,1H3,(H,20,24)(H,21,22). The molecule has 6 nitrogen and oxygen atoms in total. The fraction of sp³-hybridized carbons (Fsp3) is 0.167. The summed E-state index contributed by atoms with van der Waals surface area (Å²) in [6.07, 6.45) is 0. The highest BCUT2D eigenvalue weighted by molar-refractivity contribution is 5.96. The van der Waals surface area contributed by atoms with Crippen LogP contribution >= 0.6 is 0 Å². The normalized spacial score (nSPS) is 10.0. The molecule has 0 atom stereocenters. The molecule has 2 N–H and O–H groups in total. The van der Waals surface area contributed by atoms with E-state index in [0.717, 1.165) is 5.56 Å². The lowest BCUT2D eigenvalue weighted by molar-refractivity contribution is -0.146. The molecule has 0 aliphatic rings. The number of anilines is 1. The predicted octanol–water partition coefficient (Wildman–Crippen LogP) is 2.05. The number of halogens is 1. The lowest BCUT2D eigenvalue weighted by Crippen LogP contribution is -2.32. The number of ether oxygens (including phenoxy) is 1. The first-order valence-corrected chi connectivity index (χ1v) is 7.50. The highest BCUT2D eigenvalue weighted by atomic mass is 19.1. The van der Waals surface area contributed by atoms with Crippen molar-refractivity contribution in [2.24, 2.45) is 0 Å². The van der Waals surface area contributed by atoms with Gasteiger partial charge in [-0.25, -0.2) is 4.39 Å². The monoisotopic (exact) mass is 344 g/mol. The van der Waals surface area contributed by atoms with Gasteiger partial charge in [-0.3, -0.25) is 14.4 Å². The first-order valence-electron chi connectivity index (χ1n) is 7.50. The molecule has 0 aliphatic carbocycles. The molecule has 0 saturated heterocycles. The summed E-state index contributed by atoms with van der Waals surface area (Å²) in [4.78, 5) is 35.1. The van der Waals surface area contributed by atoms with Gasteiger partial charge < -0.3 is 15.4 Å². The van der Waals surface area contributed by atoms with Gasteiger partial charge in [0.2, 0.25) is 0 Å². The van der Waals surface area contributed by atoms with Crippen molar-refractivity contribution in [3.63, 3.8) is 0 Å². The van der Waals surface area contributed by atoms with Gasteiger partial charge in [0.05, 0.1) is 0 Å². The van der Waals surface area contributed by atoms with Crippen molar-refractivity contribution < 1.29 is 23.5 Å². The summed E-state index contributed by atoms with van der Waals surface area (Å²) in [6, 6.07) is 12.1. The third kappa shape index (κ3) is 6.06. The van der Waals surface area contributed by atoms with Crippen molar-refractivity contribution >= 4 is 23.5 Å². The topological polar surface area (TPSA) is 84.5 Å². The number of aryl methyl sites for hydroxylation is 1. The lowest BCUT2D eigenvalue weighted by Gasteiger charge is -2.08. The molecule has 0 fully saturated rings. The van der Waals surface area contributed by atoms with Gasteiger partial charge in [0.25, 0.3) is 11.8 Å². The van der Waals surface area contributed by atoms with Gasteiger partial charge in [-0.05, 0) is 43.3 Å². The van der Waals surface area contributed by atoms with Crippen LogP contribution in [0.4, 0.5) is 10.1 Å². The van der Waals surface area contributed by atoms with Crippen LogP contribution in [0.15, 0.2) is 48.5 Å². The molecule has 0 spiro atoms. The summed E-state index contributed by atoms with van der Waals surface area (Å²) >= 11 is 0. The van der Waals surface area contributed by atoms with E-state index in [9.17, 15) is 18.8 Å². The van der Waals surface area contributed by atoms with E-state index in [1.807, 2.05) is 13.0 Å². The van der Waals surface area contributed by atoms with Crippen LogP contribution in [0.5, 0.6) is 0 Å². The van der Waals surface area contributed by atoms with Crippen LogP contribution in [-0.2, 0) is 14.3 Å². The fourth-order valence-corrected chi connectivity index (χ4v) is 1.97. The summed E-state index contributed by atoms with van der Waals surface area (Å²) in [5.74, 6) is -2.13. The molecule has 0 heterocycles. The minimum Gasteiger partial charge on any atom is -0.454 e. The summed E-state index contributed by atoms with van der Waals surface area (Å²) in [7, 11) is 0. The second-order valence-electron chi connectivity index (χ2n) is 5.27. The van der Waals surface area contributed by atoms with E-state index in [2.05, 4.69) is 10.6 Å². The van der Waals surface area contributed by atoms with E-state index in [0.29, 0.717) is 11.3 Å². The first kappa shape index (κ1) is 18.1. The number of amides is 2. The van der Waals surface area contributed by atoms with Gasteiger partial charge in [0.1, 0.15) is 12.4 Å². The highest BCUT2D eigenvalue weighted by Crippen LogP contribution is 2.08. The van der Waals surface area contributed by atoms with Crippen molar-refractivity contribution in [2.75, 3.05) is 18.5 Å². The van der Waals surface area contributed by atoms with Gasteiger partial charge in [-0.2, -0.15) is 0 Å². The van der Waals surface area contributed by atoms with E-state index in [1.54, 1.807) is 18.2 Å². The van der Waals surface area contributed by atoms with E-state index in [1.165, 1.54) is 24.3 Å². The predicted molar refractivity (Wildman–Crippen MR) is 89.5 cm³/mol. The zero-order valence-electron chi connectivity index (χ0n) is 13.5. The Morgan fingerprint density at radius 3 is 2.48 bits per heavy atom. The maximum atomic E-state index is 12.8. The fourth-order valence-electron chi connectivity index (χ4n) is 1.97. The Morgan fingerprint density at radius 1 is 1.08 bits per heavy atom. The zero-order chi connectivity index (χ0) is 18.2. The Hall–Kier alpha value is -3.22. The summed E-state index contributed by atoms with van der Waals surface area (Å²) < 4.78 is 17.5. The van der Waals surface area contributed by atoms with Gasteiger partial charge in [0, 0.05) is 11.3 Å². The second kappa shape index (κ2) is 8.58. The summed E-state index contributed by atoms with van der Waals surface area (Å²) in [5, 5.41) is 4.87. The molecule has 0 bridgehead atoms. The number of rotatable bonds is 6. The first-order chi connectivity index (χ1) is 11.9. The Bertz CT molecular complexity index is 775. The molecule has 7 heteroatoms. The van der Waals surface area contributed by atoms with Gasteiger partial charge in [-0.1, -0.05) is 17.7 Å². The van der Waals surface area contributed by atoms with Crippen LogP contribution in [-0.4, -0.2) is 30.9 Å². The van der Waals surface area contributed by atoms with Crippen molar-refractivity contribution in [1.29, 1.82) is 0 Å². The average Bonchev–Trinajstić information content (AvgIpc) is 2.60. The molecule has 25 heavy (non-hydrogen) atoms. The number of carbonyl (C=O) groups excluding carboxylic acids is 3. The van der Waals surface area contributed by atoms with Crippen LogP contribution < -0.4 is 10.6 Å². The molecule has 0 unspecified atom stereocenters. The van der Waals surface area contributed by atoms with Gasteiger partial charge >= 0.3 is 5.97 Å². The van der Waals surface area contributed by atoms with E-state index in [4.69, 9.17) is 4.74 Å². The number of nitrogens with one attached hydrogen (secondary N) is 2. The number of hydrogen-bond donors (Lipinski definition) is 2. The number of benzene rings is 2. The third-order valence-corrected chi connectivity index (χ3v) is 3.17. The molecule has 0 radical (unpaired) electrons. The number of carbonyl (C=O) groups is 3. The van der Waals surface area contributed by atoms with Crippen LogP contribution in [0.25, 0.3) is 0 Å². The SMILES string of the molecule is Cc1cccc(C(=O)NCC(=O)OCC(=O)Nc2ccc(F)cc2)c1. The van der Waals surface area contributed by atoms with E-state index >= 15 is 0 Å². The van der Waals surface area contributed by atoms with Crippen LogP contribution in [0, 0.1) is 12.7 Å².